The Hall–Kier alpha value is -2.13. The Bertz CT molecular complexity index is 973. The fourth-order valence-corrected chi connectivity index (χ4v) is 4.21. The first-order valence-electron chi connectivity index (χ1n) is 8.64. The van der Waals surface area contributed by atoms with Gasteiger partial charge in [-0.1, -0.05) is 35.9 Å². The molecule has 1 aliphatic rings. The van der Waals surface area contributed by atoms with Crippen LogP contribution >= 0.6 is 11.6 Å². The molecule has 0 fully saturated rings. The highest BCUT2D eigenvalue weighted by atomic mass is 35.5. The fourth-order valence-electron chi connectivity index (χ4n) is 3.96. The number of aromatic nitrogens is 1. The maximum Gasteiger partial charge on any atom is 0.124 e. The maximum atomic E-state index is 13.3. The van der Waals surface area contributed by atoms with Crippen molar-refractivity contribution in [1.29, 1.82) is 5.41 Å². The Labute approximate surface area is 151 Å². The zero-order valence-corrected chi connectivity index (χ0v) is 14.9. The summed E-state index contributed by atoms with van der Waals surface area (Å²) in [7, 11) is 0. The fraction of sp³-hybridized carbons (Fsp3) is 0.286. The summed E-state index contributed by atoms with van der Waals surface area (Å²) in [5.74, 6) is -0.385. The Kier molecular flexibility index (Phi) is 4.12. The van der Waals surface area contributed by atoms with Crippen LogP contribution in [0, 0.1) is 11.2 Å². The molecule has 1 unspecified atom stereocenters. The first-order valence-corrected chi connectivity index (χ1v) is 9.02. The lowest BCUT2D eigenvalue weighted by atomic mass is 9.88. The van der Waals surface area contributed by atoms with E-state index in [0.717, 1.165) is 24.9 Å². The molecule has 3 aromatic rings. The van der Waals surface area contributed by atoms with Crippen LogP contribution in [0.3, 0.4) is 0 Å². The van der Waals surface area contributed by atoms with E-state index in [0.29, 0.717) is 17.2 Å². The monoisotopic (exact) mass is 354 g/mol. The molecule has 1 aromatic heterocycles. The molecule has 0 spiro atoms. The second kappa shape index (κ2) is 6.30. The Morgan fingerprint density at radius 2 is 2.16 bits per heavy atom. The first kappa shape index (κ1) is 16.3. The van der Waals surface area contributed by atoms with Gasteiger partial charge in [-0.05, 0) is 55.0 Å². The van der Waals surface area contributed by atoms with Gasteiger partial charge >= 0.3 is 0 Å². The van der Waals surface area contributed by atoms with Crippen LogP contribution in [0.2, 0.25) is 5.02 Å². The molecular weight excluding hydrogens is 335 g/mol. The molecule has 0 aliphatic carbocycles. The number of aryl methyl sites for hydroxylation is 2. The van der Waals surface area contributed by atoms with Crippen LogP contribution < -0.4 is 0 Å². The van der Waals surface area contributed by atoms with Crippen molar-refractivity contribution >= 4 is 28.2 Å². The van der Waals surface area contributed by atoms with Crippen molar-refractivity contribution in [3.63, 3.8) is 0 Å². The Morgan fingerprint density at radius 1 is 1.32 bits per heavy atom. The number of nitrogens with zero attached hydrogens (tertiary/aromatic N) is 1. The largest absolute Gasteiger partial charge is 0.347 e. The number of hydrogen-bond acceptors (Lipinski definition) is 1. The van der Waals surface area contributed by atoms with Crippen LogP contribution in [0.4, 0.5) is 4.39 Å². The third kappa shape index (κ3) is 2.87. The molecule has 4 heteroatoms. The maximum absolute atomic E-state index is 13.3. The highest BCUT2D eigenvalue weighted by Crippen LogP contribution is 2.36. The van der Waals surface area contributed by atoms with Gasteiger partial charge in [-0.3, -0.25) is 0 Å². The lowest BCUT2D eigenvalue weighted by molar-refractivity contribution is 0.626. The zero-order chi connectivity index (χ0) is 17.6. The van der Waals surface area contributed by atoms with Crippen molar-refractivity contribution in [2.75, 3.05) is 0 Å². The SMILES string of the molecule is CC(=N)C(Cc1ccc(F)cc1Cl)c1cn2c3c(cccc13)CCC2. The molecule has 128 valence electrons. The van der Waals surface area contributed by atoms with E-state index in [1.54, 1.807) is 6.07 Å². The van der Waals surface area contributed by atoms with Gasteiger partial charge in [0, 0.05) is 34.8 Å². The summed E-state index contributed by atoms with van der Waals surface area (Å²) in [4.78, 5) is 0. The normalized spacial score (nSPS) is 14.7. The van der Waals surface area contributed by atoms with E-state index in [1.165, 1.54) is 34.2 Å². The van der Waals surface area contributed by atoms with Crippen LogP contribution in [-0.2, 0) is 19.4 Å². The topological polar surface area (TPSA) is 28.8 Å². The van der Waals surface area contributed by atoms with Crippen molar-refractivity contribution in [1.82, 2.24) is 4.57 Å². The number of benzene rings is 2. The highest BCUT2D eigenvalue weighted by Gasteiger charge is 2.23. The summed E-state index contributed by atoms with van der Waals surface area (Å²) in [6.45, 7) is 2.86. The van der Waals surface area contributed by atoms with Crippen LogP contribution in [0.1, 0.15) is 36.0 Å². The van der Waals surface area contributed by atoms with Crippen molar-refractivity contribution < 1.29 is 4.39 Å². The predicted molar refractivity (Wildman–Crippen MR) is 102 cm³/mol. The van der Waals surface area contributed by atoms with Gasteiger partial charge in [0.25, 0.3) is 0 Å². The lowest BCUT2D eigenvalue weighted by Crippen LogP contribution is -2.11. The number of para-hydroxylation sites is 1. The predicted octanol–water partition coefficient (Wildman–Crippen LogP) is 5.75. The zero-order valence-electron chi connectivity index (χ0n) is 14.2. The molecule has 1 N–H and O–H groups in total. The summed E-state index contributed by atoms with van der Waals surface area (Å²) < 4.78 is 15.7. The molecule has 4 rings (SSSR count). The van der Waals surface area contributed by atoms with E-state index < -0.39 is 0 Å². The molecule has 0 amide bonds. The number of nitrogens with one attached hydrogen (secondary N) is 1. The molecule has 1 atom stereocenters. The minimum Gasteiger partial charge on any atom is -0.347 e. The summed E-state index contributed by atoms with van der Waals surface area (Å²) in [5.41, 5.74) is 5.35. The molecule has 2 nitrogen and oxygen atoms in total. The minimum absolute atomic E-state index is 0.0555. The molecule has 2 aromatic carbocycles. The third-order valence-electron chi connectivity index (χ3n) is 5.20. The second-order valence-corrected chi connectivity index (χ2v) is 7.28. The van der Waals surface area contributed by atoms with E-state index in [2.05, 4.69) is 29.0 Å². The Balaban J connectivity index is 1.81. The molecule has 25 heavy (non-hydrogen) atoms. The van der Waals surface area contributed by atoms with Crippen LogP contribution in [0.25, 0.3) is 10.9 Å². The average molecular weight is 355 g/mol. The quantitative estimate of drug-likeness (QED) is 0.578. The molecule has 0 saturated carbocycles. The van der Waals surface area contributed by atoms with E-state index >= 15 is 0 Å². The summed E-state index contributed by atoms with van der Waals surface area (Å²) in [6, 6.07) is 11.0. The smallest absolute Gasteiger partial charge is 0.124 e. The number of hydrogen-bond donors (Lipinski definition) is 1. The summed E-state index contributed by atoms with van der Waals surface area (Å²) in [6.07, 6.45) is 5.07. The molecule has 0 saturated heterocycles. The number of rotatable bonds is 4. The van der Waals surface area contributed by atoms with Crippen LogP contribution in [-0.4, -0.2) is 10.3 Å². The van der Waals surface area contributed by atoms with Crippen molar-refractivity contribution in [3.05, 3.63) is 70.1 Å². The second-order valence-electron chi connectivity index (χ2n) is 6.87. The molecule has 0 radical (unpaired) electrons. The molecular formula is C21H20ClFN2. The van der Waals surface area contributed by atoms with Crippen molar-refractivity contribution in [2.45, 2.75) is 38.6 Å². The molecule has 1 aliphatic heterocycles. The van der Waals surface area contributed by atoms with Gasteiger partial charge in [0.15, 0.2) is 0 Å². The van der Waals surface area contributed by atoms with Crippen molar-refractivity contribution in [3.8, 4) is 0 Å². The number of halogens is 2. The summed E-state index contributed by atoms with van der Waals surface area (Å²) >= 11 is 6.24. The van der Waals surface area contributed by atoms with E-state index in [4.69, 9.17) is 17.0 Å². The van der Waals surface area contributed by atoms with Gasteiger partial charge in [0.1, 0.15) is 5.82 Å². The van der Waals surface area contributed by atoms with Gasteiger partial charge in [-0.2, -0.15) is 0 Å². The van der Waals surface area contributed by atoms with E-state index in [-0.39, 0.29) is 11.7 Å². The van der Waals surface area contributed by atoms with Crippen LogP contribution in [0.15, 0.2) is 42.6 Å². The van der Waals surface area contributed by atoms with Gasteiger partial charge in [-0.25, -0.2) is 4.39 Å². The van der Waals surface area contributed by atoms with E-state index in [1.807, 2.05) is 6.92 Å². The van der Waals surface area contributed by atoms with Crippen molar-refractivity contribution in [2.24, 2.45) is 0 Å². The van der Waals surface area contributed by atoms with Gasteiger partial charge in [0.05, 0.1) is 5.52 Å². The van der Waals surface area contributed by atoms with E-state index in [9.17, 15) is 4.39 Å². The Morgan fingerprint density at radius 3 is 2.92 bits per heavy atom. The third-order valence-corrected chi connectivity index (χ3v) is 5.55. The minimum atomic E-state index is -0.330. The van der Waals surface area contributed by atoms with Crippen LogP contribution in [0.5, 0.6) is 0 Å². The lowest BCUT2D eigenvalue weighted by Gasteiger charge is -2.17. The standard InChI is InChI=1S/C21H20ClFN2/c1-13(24)18(10-15-7-8-16(23)11-20(15)22)19-12-25-9-3-5-14-4-2-6-17(19)21(14)25/h2,4,6-8,11-12,18,24H,3,5,9-10H2,1H3. The van der Waals surface area contributed by atoms with Gasteiger partial charge in [0.2, 0.25) is 0 Å². The average Bonchev–Trinajstić information content (AvgIpc) is 2.95. The molecule has 2 heterocycles. The van der Waals surface area contributed by atoms with Gasteiger partial charge in [-0.15, -0.1) is 0 Å². The molecule has 0 bridgehead atoms. The van der Waals surface area contributed by atoms with Gasteiger partial charge < -0.3 is 9.98 Å². The summed E-state index contributed by atoms with van der Waals surface area (Å²) in [5, 5.41) is 9.99. The first-order chi connectivity index (χ1) is 12.0. The highest BCUT2D eigenvalue weighted by molar-refractivity contribution is 6.31.